The molecule has 1 heterocycles. The topological polar surface area (TPSA) is 26.0 Å². The fraction of sp³-hybridized carbons (Fsp3) is 0. The van der Waals surface area contributed by atoms with Crippen molar-refractivity contribution in [3.63, 3.8) is 0 Å². The second kappa shape index (κ2) is 4.26. The average Bonchev–Trinajstić information content (AvgIpc) is 2.94. The maximum Gasteiger partial charge on any atom is 0.124 e. The van der Waals surface area contributed by atoms with Crippen molar-refractivity contribution in [1.29, 1.82) is 0 Å². The summed E-state index contributed by atoms with van der Waals surface area (Å²) in [6.45, 7) is 0. The first kappa shape index (κ1) is 9.85. The number of rotatable bonds is 2. The maximum absolute atomic E-state index is 4.83. The molecule has 82 valence electrons. The summed E-state index contributed by atoms with van der Waals surface area (Å²) < 4.78 is 4.83. The van der Waals surface area contributed by atoms with Gasteiger partial charge in [0.25, 0.3) is 0 Å². The molecule has 2 heteroatoms. The predicted octanol–water partition coefficient (Wildman–Crippen LogP) is 4.01. The smallest absolute Gasteiger partial charge is 0.124 e. The molecule has 1 aromatic heterocycles. The quantitative estimate of drug-likeness (QED) is 0.653. The van der Waals surface area contributed by atoms with E-state index >= 15 is 0 Å². The molecule has 0 radical (unpaired) electrons. The summed E-state index contributed by atoms with van der Waals surface area (Å²) in [5, 5.41) is 3.91. The van der Waals surface area contributed by atoms with Gasteiger partial charge in [-0.05, 0) is 11.1 Å². The summed E-state index contributed by atoms with van der Waals surface area (Å²) in [4.78, 5) is 0. The van der Waals surface area contributed by atoms with Crippen LogP contribution in [0.25, 0.3) is 22.4 Å². The molecule has 0 saturated heterocycles. The first-order chi connectivity index (χ1) is 8.43. The van der Waals surface area contributed by atoms with Crippen molar-refractivity contribution in [2.24, 2.45) is 0 Å². The van der Waals surface area contributed by atoms with Crippen LogP contribution in [0.1, 0.15) is 0 Å². The molecule has 0 unspecified atom stereocenters. The van der Waals surface area contributed by atoms with Crippen LogP contribution in [0.2, 0.25) is 0 Å². The second-order valence-electron chi connectivity index (χ2n) is 3.83. The third-order valence-corrected chi connectivity index (χ3v) is 2.73. The molecule has 0 aliphatic rings. The van der Waals surface area contributed by atoms with Gasteiger partial charge in [0.15, 0.2) is 0 Å². The van der Waals surface area contributed by atoms with Gasteiger partial charge in [-0.2, -0.15) is 0 Å². The van der Waals surface area contributed by atoms with Gasteiger partial charge in [-0.15, -0.1) is 0 Å². The molecule has 0 saturated carbocycles. The summed E-state index contributed by atoms with van der Waals surface area (Å²) in [7, 11) is 0. The molecule has 0 aliphatic heterocycles. The standard InChI is InChI=1S/C15H11NO/c1-2-4-12(5-3-1)13-6-8-14(9-7-13)15-10-11-17-16-15/h1-11H. The van der Waals surface area contributed by atoms with E-state index in [9.17, 15) is 0 Å². The summed E-state index contributed by atoms with van der Waals surface area (Å²) in [5.41, 5.74) is 4.36. The normalized spacial score (nSPS) is 10.4. The SMILES string of the molecule is c1ccc(-c2ccc(-c3ccon3)cc2)cc1. The molecule has 17 heavy (non-hydrogen) atoms. The number of benzene rings is 2. The number of hydrogen-bond donors (Lipinski definition) is 0. The van der Waals surface area contributed by atoms with Gasteiger partial charge < -0.3 is 4.52 Å². The Hall–Kier alpha value is -2.35. The van der Waals surface area contributed by atoms with Crippen molar-refractivity contribution < 1.29 is 4.52 Å². The van der Waals surface area contributed by atoms with Crippen LogP contribution in [0.15, 0.2) is 71.4 Å². The fourth-order valence-electron chi connectivity index (χ4n) is 1.83. The van der Waals surface area contributed by atoms with E-state index in [1.807, 2.05) is 24.3 Å². The largest absolute Gasteiger partial charge is 0.364 e. The Labute approximate surface area is 99.5 Å². The molecule has 0 spiro atoms. The minimum atomic E-state index is 0.865. The first-order valence-corrected chi connectivity index (χ1v) is 5.50. The average molecular weight is 221 g/mol. The molecule has 0 fully saturated rings. The third-order valence-electron chi connectivity index (χ3n) is 2.73. The van der Waals surface area contributed by atoms with E-state index in [1.165, 1.54) is 11.1 Å². The molecule has 0 atom stereocenters. The van der Waals surface area contributed by atoms with Crippen LogP contribution in [0.3, 0.4) is 0 Å². The van der Waals surface area contributed by atoms with Gasteiger partial charge in [0, 0.05) is 11.6 Å². The highest BCUT2D eigenvalue weighted by Crippen LogP contribution is 2.23. The maximum atomic E-state index is 4.83. The van der Waals surface area contributed by atoms with Gasteiger partial charge in [0.1, 0.15) is 12.0 Å². The van der Waals surface area contributed by atoms with Crippen LogP contribution >= 0.6 is 0 Å². The van der Waals surface area contributed by atoms with Gasteiger partial charge >= 0.3 is 0 Å². The van der Waals surface area contributed by atoms with Gasteiger partial charge in [-0.1, -0.05) is 59.8 Å². The lowest BCUT2D eigenvalue weighted by Gasteiger charge is -2.02. The molecule has 0 amide bonds. The van der Waals surface area contributed by atoms with Crippen LogP contribution in [-0.2, 0) is 0 Å². The second-order valence-corrected chi connectivity index (χ2v) is 3.83. The Morgan fingerprint density at radius 2 is 1.29 bits per heavy atom. The first-order valence-electron chi connectivity index (χ1n) is 5.50. The van der Waals surface area contributed by atoms with Crippen LogP contribution in [0.5, 0.6) is 0 Å². The van der Waals surface area contributed by atoms with E-state index < -0.39 is 0 Å². The summed E-state index contributed by atoms with van der Waals surface area (Å²) in [6.07, 6.45) is 1.58. The van der Waals surface area contributed by atoms with Crippen molar-refractivity contribution in [2.75, 3.05) is 0 Å². The molecular formula is C15H11NO. The van der Waals surface area contributed by atoms with Gasteiger partial charge in [0.05, 0.1) is 0 Å². The summed E-state index contributed by atoms with van der Waals surface area (Å²) >= 11 is 0. The van der Waals surface area contributed by atoms with Gasteiger partial charge in [0.2, 0.25) is 0 Å². The van der Waals surface area contributed by atoms with Crippen molar-refractivity contribution in [2.45, 2.75) is 0 Å². The Bertz CT molecular complexity index is 583. The molecule has 2 nitrogen and oxygen atoms in total. The summed E-state index contributed by atoms with van der Waals surface area (Å²) in [6, 6.07) is 20.5. The molecule has 0 aliphatic carbocycles. The van der Waals surface area contributed by atoms with Gasteiger partial charge in [-0.25, -0.2) is 0 Å². The Morgan fingerprint density at radius 1 is 0.647 bits per heavy atom. The molecular weight excluding hydrogens is 210 g/mol. The molecule has 0 N–H and O–H groups in total. The van der Waals surface area contributed by atoms with Crippen LogP contribution in [-0.4, -0.2) is 5.16 Å². The molecule has 0 bridgehead atoms. The monoisotopic (exact) mass is 221 g/mol. The number of hydrogen-bond acceptors (Lipinski definition) is 2. The van der Waals surface area contributed by atoms with Crippen LogP contribution in [0.4, 0.5) is 0 Å². The van der Waals surface area contributed by atoms with Crippen molar-refractivity contribution in [1.82, 2.24) is 5.16 Å². The van der Waals surface area contributed by atoms with E-state index in [4.69, 9.17) is 4.52 Å². The van der Waals surface area contributed by atoms with E-state index in [2.05, 4.69) is 41.6 Å². The lowest BCUT2D eigenvalue weighted by Crippen LogP contribution is -1.79. The van der Waals surface area contributed by atoms with E-state index in [-0.39, 0.29) is 0 Å². The lowest BCUT2D eigenvalue weighted by molar-refractivity contribution is 0.422. The van der Waals surface area contributed by atoms with E-state index in [1.54, 1.807) is 6.26 Å². The highest BCUT2D eigenvalue weighted by Gasteiger charge is 2.01. The van der Waals surface area contributed by atoms with E-state index in [0.29, 0.717) is 0 Å². The molecule has 2 aromatic carbocycles. The Kier molecular flexibility index (Phi) is 2.47. The number of nitrogens with zero attached hydrogens (tertiary/aromatic N) is 1. The minimum Gasteiger partial charge on any atom is -0.364 e. The Balaban J connectivity index is 1.96. The Morgan fingerprint density at radius 3 is 1.94 bits per heavy atom. The third kappa shape index (κ3) is 1.97. The highest BCUT2D eigenvalue weighted by molar-refractivity contribution is 5.68. The zero-order valence-electron chi connectivity index (χ0n) is 9.21. The highest BCUT2D eigenvalue weighted by atomic mass is 16.5. The zero-order chi connectivity index (χ0) is 11.5. The number of aromatic nitrogens is 1. The molecule has 3 rings (SSSR count). The molecule has 3 aromatic rings. The van der Waals surface area contributed by atoms with Crippen molar-refractivity contribution in [3.8, 4) is 22.4 Å². The van der Waals surface area contributed by atoms with Gasteiger partial charge in [-0.3, -0.25) is 0 Å². The van der Waals surface area contributed by atoms with Crippen molar-refractivity contribution >= 4 is 0 Å². The van der Waals surface area contributed by atoms with Crippen LogP contribution in [0, 0.1) is 0 Å². The lowest BCUT2D eigenvalue weighted by atomic mass is 10.0. The fourth-order valence-corrected chi connectivity index (χ4v) is 1.83. The predicted molar refractivity (Wildman–Crippen MR) is 67.4 cm³/mol. The zero-order valence-corrected chi connectivity index (χ0v) is 9.21. The summed E-state index contributed by atoms with van der Waals surface area (Å²) in [5.74, 6) is 0. The van der Waals surface area contributed by atoms with Crippen molar-refractivity contribution in [3.05, 3.63) is 66.9 Å². The minimum absolute atomic E-state index is 0.865. The van der Waals surface area contributed by atoms with E-state index in [0.717, 1.165) is 11.3 Å². The van der Waals surface area contributed by atoms with Crippen LogP contribution < -0.4 is 0 Å².